The van der Waals surface area contributed by atoms with Crippen molar-refractivity contribution in [3.05, 3.63) is 36.2 Å². The summed E-state index contributed by atoms with van der Waals surface area (Å²) in [5.41, 5.74) is 6.08. The molecule has 0 amide bonds. The zero-order valence-electron chi connectivity index (χ0n) is 10.3. The van der Waals surface area contributed by atoms with E-state index in [-0.39, 0.29) is 17.5 Å². The van der Waals surface area contributed by atoms with Gasteiger partial charge in [0.1, 0.15) is 11.5 Å². The standard InChI is InChI=1S/C12H10F3N3O2/c1-7-2-3-9(4-10(7)20-12(13,14)15)19-11-17-5-8(16)6-18-11/h2-6H,16H2,1H3. The van der Waals surface area contributed by atoms with Gasteiger partial charge in [-0.2, -0.15) is 0 Å². The second kappa shape index (κ2) is 5.24. The predicted molar refractivity (Wildman–Crippen MR) is 64.4 cm³/mol. The Balaban J connectivity index is 2.20. The molecule has 1 heterocycles. The van der Waals surface area contributed by atoms with Gasteiger partial charge in [0.05, 0.1) is 18.1 Å². The van der Waals surface area contributed by atoms with Crippen LogP contribution in [0.25, 0.3) is 0 Å². The molecule has 1 aromatic heterocycles. The van der Waals surface area contributed by atoms with Crippen LogP contribution in [0.3, 0.4) is 0 Å². The summed E-state index contributed by atoms with van der Waals surface area (Å²) in [5, 5.41) is 0. The molecule has 0 aliphatic heterocycles. The number of hydrogen-bond donors (Lipinski definition) is 1. The Morgan fingerprint density at radius 3 is 2.40 bits per heavy atom. The van der Waals surface area contributed by atoms with Crippen molar-refractivity contribution in [2.24, 2.45) is 0 Å². The van der Waals surface area contributed by atoms with E-state index in [0.29, 0.717) is 11.3 Å². The van der Waals surface area contributed by atoms with Gasteiger partial charge in [-0.3, -0.25) is 0 Å². The highest BCUT2D eigenvalue weighted by atomic mass is 19.4. The van der Waals surface area contributed by atoms with Crippen LogP contribution in [0.5, 0.6) is 17.5 Å². The van der Waals surface area contributed by atoms with Gasteiger partial charge in [-0.1, -0.05) is 6.07 Å². The van der Waals surface area contributed by atoms with E-state index in [1.54, 1.807) is 0 Å². The third-order valence-corrected chi connectivity index (χ3v) is 2.24. The molecule has 0 saturated carbocycles. The van der Waals surface area contributed by atoms with E-state index >= 15 is 0 Å². The van der Waals surface area contributed by atoms with Crippen LogP contribution >= 0.6 is 0 Å². The predicted octanol–water partition coefficient (Wildman–Crippen LogP) is 3.06. The first-order valence-corrected chi connectivity index (χ1v) is 5.45. The lowest BCUT2D eigenvalue weighted by atomic mass is 10.2. The summed E-state index contributed by atoms with van der Waals surface area (Å²) in [6, 6.07) is 4.01. The summed E-state index contributed by atoms with van der Waals surface area (Å²) in [6.07, 6.45) is -2.12. The van der Waals surface area contributed by atoms with Crippen LogP contribution in [-0.4, -0.2) is 16.3 Å². The molecule has 8 heteroatoms. The zero-order valence-corrected chi connectivity index (χ0v) is 10.3. The lowest BCUT2D eigenvalue weighted by Crippen LogP contribution is -2.17. The molecule has 5 nitrogen and oxygen atoms in total. The van der Waals surface area contributed by atoms with Gasteiger partial charge in [-0.15, -0.1) is 13.2 Å². The Labute approximate surface area is 112 Å². The number of aromatic nitrogens is 2. The highest BCUT2D eigenvalue weighted by Crippen LogP contribution is 2.30. The summed E-state index contributed by atoms with van der Waals surface area (Å²) in [5.74, 6) is -0.218. The number of halogens is 3. The number of nitrogens with two attached hydrogens (primary N) is 1. The first-order chi connectivity index (χ1) is 9.33. The van der Waals surface area contributed by atoms with Crippen molar-refractivity contribution in [3.63, 3.8) is 0 Å². The van der Waals surface area contributed by atoms with Crippen molar-refractivity contribution < 1.29 is 22.6 Å². The van der Waals surface area contributed by atoms with Gasteiger partial charge in [-0.25, -0.2) is 9.97 Å². The molecule has 106 valence electrons. The van der Waals surface area contributed by atoms with Crippen molar-refractivity contribution in [2.75, 3.05) is 5.73 Å². The topological polar surface area (TPSA) is 70.3 Å². The van der Waals surface area contributed by atoms with Gasteiger partial charge in [0.2, 0.25) is 0 Å². The Hall–Kier alpha value is -2.51. The highest BCUT2D eigenvalue weighted by Gasteiger charge is 2.31. The number of alkyl halides is 3. The Morgan fingerprint density at radius 2 is 1.80 bits per heavy atom. The van der Waals surface area contributed by atoms with E-state index in [4.69, 9.17) is 10.5 Å². The van der Waals surface area contributed by atoms with Gasteiger partial charge < -0.3 is 15.2 Å². The van der Waals surface area contributed by atoms with Crippen LogP contribution in [0.4, 0.5) is 18.9 Å². The van der Waals surface area contributed by atoms with Gasteiger partial charge in [0.15, 0.2) is 0 Å². The molecular formula is C12H10F3N3O2. The normalized spacial score (nSPS) is 11.2. The molecule has 0 fully saturated rings. The summed E-state index contributed by atoms with van der Waals surface area (Å²) in [7, 11) is 0. The average molecular weight is 285 g/mol. The van der Waals surface area contributed by atoms with Crippen LogP contribution < -0.4 is 15.2 Å². The second-order valence-corrected chi connectivity index (χ2v) is 3.88. The second-order valence-electron chi connectivity index (χ2n) is 3.88. The largest absolute Gasteiger partial charge is 0.573 e. The van der Waals surface area contributed by atoms with Gasteiger partial charge in [0, 0.05) is 6.07 Å². The van der Waals surface area contributed by atoms with Crippen molar-refractivity contribution in [1.29, 1.82) is 0 Å². The van der Waals surface area contributed by atoms with Crippen molar-refractivity contribution in [2.45, 2.75) is 13.3 Å². The molecule has 0 aliphatic rings. The molecular weight excluding hydrogens is 275 g/mol. The minimum atomic E-state index is -4.76. The van der Waals surface area contributed by atoms with Crippen LogP contribution in [0.1, 0.15) is 5.56 Å². The molecule has 1 aromatic carbocycles. The first kappa shape index (κ1) is 13.9. The molecule has 0 saturated heterocycles. The van der Waals surface area contributed by atoms with Crippen molar-refractivity contribution >= 4 is 5.69 Å². The maximum atomic E-state index is 12.2. The summed E-state index contributed by atoms with van der Waals surface area (Å²) in [6.45, 7) is 1.49. The smallest absolute Gasteiger partial charge is 0.424 e. The monoisotopic (exact) mass is 285 g/mol. The fraction of sp³-hybridized carbons (Fsp3) is 0.167. The number of nitrogens with zero attached hydrogens (tertiary/aromatic N) is 2. The van der Waals surface area contributed by atoms with E-state index in [1.807, 2.05) is 0 Å². The molecule has 2 rings (SSSR count). The van der Waals surface area contributed by atoms with Crippen LogP contribution in [0.2, 0.25) is 0 Å². The number of benzene rings is 1. The fourth-order valence-corrected chi connectivity index (χ4v) is 1.36. The van der Waals surface area contributed by atoms with Crippen molar-refractivity contribution in [3.8, 4) is 17.5 Å². The fourth-order valence-electron chi connectivity index (χ4n) is 1.36. The number of ether oxygens (including phenoxy) is 2. The number of nitrogen functional groups attached to an aromatic ring is 1. The van der Waals surface area contributed by atoms with E-state index in [2.05, 4.69) is 14.7 Å². The molecule has 0 aliphatic carbocycles. The Kier molecular flexibility index (Phi) is 3.64. The number of aryl methyl sites for hydroxylation is 1. The summed E-state index contributed by atoms with van der Waals surface area (Å²) < 4.78 is 45.8. The van der Waals surface area contributed by atoms with Gasteiger partial charge in [-0.05, 0) is 18.6 Å². The number of rotatable bonds is 3. The Morgan fingerprint density at radius 1 is 1.15 bits per heavy atom. The van der Waals surface area contributed by atoms with Crippen LogP contribution in [0, 0.1) is 6.92 Å². The minimum Gasteiger partial charge on any atom is -0.424 e. The zero-order chi connectivity index (χ0) is 14.8. The lowest BCUT2D eigenvalue weighted by molar-refractivity contribution is -0.274. The van der Waals surface area contributed by atoms with Gasteiger partial charge >= 0.3 is 12.4 Å². The number of anilines is 1. The summed E-state index contributed by atoms with van der Waals surface area (Å²) in [4.78, 5) is 7.56. The molecule has 0 spiro atoms. The maximum Gasteiger partial charge on any atom is 0.573 e. The van der Waals surface area contributed by atoms with Crippen LogP contribution in [0.15, 0.2) is 30.6 Å². The molecule has 0 bridgehead atoms. The molecule has 0 radical (unpaired) electrons. The van der Waals surface area contributed by atoms with E-state index in [0.717, 1.165) is 6.07 Å². The van der Waals surface area contributed by atoms with E-state index in [9.17, 15) is 13.2 Å². The highest BCUT2D eigenvalue weighted by molar-refractivity contribution is 5.41. The van der Waals surface area contributed by atoms with E-state index < -0.39 is 6.36 Å². The van der Waals surface area contributed by atoms with Crippen LogP contribution in [-0.2, 0) is 0 Å². The minimum absolute atomic E-state index is 0.0268. The summed E-state index contributed by atoms with van der Waals surface area (Å²) >= 11 is 0. The molecule has 2 aromatic rings. The average Bonchev–Trinajstić information content (AvgIpc) is 2.34. The number of hydrogen-bond acceptors (Lipinski definition) is 5. The molecule has 2 N–H and O–H groups in total. The third kappa shape index (κ3) is 3.74. The van der Waals surface area contributed by atoms with E-state index in [1.165, 1.54) is 31.5 Å². The third-order valence-electron chi connectivity index (χ3n) is 2.24. The van der Waals surface area contributed by atoms with Gasteiger partial charge in [0.25, 0.3) is 0 Å². The maximum absolute atomic E-state index is 12.2. The Bertz CT molecular complexity index is 600. The van der Waals surface area contributed by atoms with Crippen molar-refractivity contribution in [1.82, 2.24) is 9.97 Å². The quantitative estimate of drug-likeness (QED) is 0.938. The lowest BCUT2D eigenvalue weighted by Gasteiger charge is -2.12. The molecule has 0 atom stereocenters. The molecule has 0 unspecified atom stereocenters. The first-order valence-electron chi connectivity index (χ1n) is 5.45. The SMILES string of the molecule is Cc1ccc(Oc2ncc(N)cn2)cc1OC(F)(F)F. The molecule has 20 heavy (non-hydrogen) atoms.